The number of hydrogen-bond acceptors (Lipinski definition) is 5. The lowest BCUT2D eigenvalue weighted by Crippen LogP contribution is -2.51. The highest BCUT2D eigenvalue weighted by Crippen LogP contribution is 2.24. The van der Waals surface area contributed by atoms with Crippen LogP contribution in [0.3, 0.4) is 0 Å². The molecule has 0 radical (unpaired) electrons. The summed E-state index contributed by atoms with van der Waals surface area (Å²) in [7, 11) is 0. The van der Waals surface area contributed by atoms with Gasteiger partial charge in [0, 0.05) is 44.2 Å². The minimum Gasteiger partial charge on any atom is -0.346 e. The Morgan fingerprint density at radius 3 is 2.71 bits per heavy atom. The van der Waals surface area contributed by atoms with Crippen molar-refractivity contribution in [3.8, 4) is 0 Å². The van der Waals surface area contributed by atoms with Crippen molar-refractivity contribution >= 4 is 22.3 Å². The van der Waals surface area contributed by atoms with Crippen molar-refractivity contribution in [2.75, 3.05) is 31.1 Å². The third kappa shape index (κ3) is 2.21. The van der Waals surface area contributed by atoms with Crippen molar-refractivity contribution in [1.29, 1.82) is 0 Å². The number of anilines is 1. The molecule has 1 aliphatic carbocycles. The van der Waals surface area contributed by atoms with Crippen LogP contribution in [-0.4, -0.2) is 47.9 Å². The molecule has 2 fully saturated rings. The molecule has 1 saturated heterocycles. The molecule has 0 amide bonds. The van der Waals surface area contributed by atoms with Gasteiger partial charge in [-0.3, -0.25) is 9.69 Å². The van der Waals surface area contributed by atoms with Crippen LogP contribution in [0.2, 0.25) is 0 Å². The summed E-state index contributed by atoms with van der Waals surface area (Å²) < 4.78 is 0. The highest BCUT2D eigenvalue weighted by Gasteiger charge is 2.32. The van der Waals surface area contributed by atoms with Gasteiger partial charge in [0.15, 0.2) is 5.13 Å². The Labute approximate surface area is 105 Å². The maximum Gasteiger partial charge on any atom is 0.185 e. The topological polar surface area (TPSA) is 36.4 Å². The lowest BCUT2D eigenvalue weighted by atomic mass is 10.1. The summed E-state index contributed by atoms with van der Waals surface area (Å²) in [5.41, 5.74) is 0. The Balaban J connectivity index is 1.59. The van der Waals surface area contributed by atoms with Crippen LogP contribution >= 0.6 is 11.3 Å². The Kier molecular flexibility index (Phi) is 3.11. The zero-order valence-electron chi connectivity index (χ0n) is 9.84. The summed E-state index contributed by atoms with van der Waals surface area (Å²) in [6.45, 7) is 3.99. The van der Waals surface area contributed by atoms with Gasteiger partial charge in [-0.05, 0) is 12.8 Å². The molecule has 0 spiro atoms. The first kappa shape index (κ1) is 11.2. The van der Waals surface area contributed by atoms with Crippen molar-refractivity contribution in [1.82, 2.24) is 9.88 Å². The van der Waals surface area contributed by atoms with Crippen molar-refractivity contribution in [2.24, 2.45) is 0 Å². The maximum absolute atomic E-state index is 11.7. The standard InChI is InChI=1S/C12H17N3OS/c16-11-3-1-2-10(11)14-5-7-15(8-6-14)12-13-4-9-17-12/h4,9-10H,1-3,5-8H2. The fourth-order valence-electron chi connectivity index (χ4n) is 2.78. The number of thiazole rings is 1. The quantitative estimate of drug-likeness (QED) is 0.796. The van der Waals surface area contributed by atoms with E-state index in [1.165, 1.54) is 0 Å². The van der Waals surface area contributed by atoms with Gasteiger partial charge in [-0.1, -0.05) is 0 Å². The van der Waals surface area contributed by atoms with E-state index in [0.717, 1.165) is 50.6 Å². The van der Waals surface area contributed by atoms with Crippen molar-refractivity contribution in [3.05, 3.63) is 11.6 Å². The van der Waals surface area contributed by atoms with Crippen LogP contribution in [0.25, 0.3) is 0 Å². The molecule has 17 heavy (non-hydrogen) atoms. The number of carbonyl (C=O) groups excluding carboxylic acids is 1. The lowest BCUT2D eigenvalue weighted by molar-refractivity contribution is -0.122. The van der Waals surface area contributed by atoms with Crippen molar-refractivity contribution in [2.45, 2.75) is 25.3 Å². The number of hydrogen-bond donors (Lipinski definition) is 0. The number of carbonyl (C=O) groups is 1. The van der Waals surface area contributed by atoms with Crippen molar-refractivity contribution < 1.29 is 4.79 Å². The highest BCUT2D eigenvalue weighted by atomic mass is 32.1. The molecule has 2 heterocycles. The summed E-state index contributed by atoms with van der Waals surface area (Å²) in [6, 6.07) is 0.216. The van der Waals surface area contributed by atoms with Gasteiger partial charge in [0.1, 0.15) is 5.78 Å². The molecular weight excluding hydrogens is 234 g/mol. The monoisotopic (exact) mass is 251 g/mol. The molecule has 1 saturated carbocycles. The molecule has 5 heteroatoms. The molecule has 0 N–H and O–H groups in total. The molecule has 0 aromatic carbocycles. The van der Waals surface area contributed by atoms with E-state index >= 15 is 0 Å². The summed E-state index contributed by atoms with van der Waals surface area (Å²) in [5, 5.41) is 3.13. The fraction of sp³-hybridized carbons (Fsp3) is 0.667. The lowest BCUT2D eigenvalue weighted by Gasteiger charge is -2.37. The molecule has 1 aliphatic heterocycles. The van der Waals surface area contributed by atoms with Gasteiger partial charge in [-0.15, -0.1) is 11.3 Å². The minimum atomic E-state index is 0.216. The second-order valence-corrected chi connectivity index (χ2v) is 5.59. The predicted octanol–water partition coefficient (Wildman–Crippen LogP) is 1.39. The van der Waals surface area contributed by atoms with E-state index in [9.17, 15) is 4.79 Å². The van der Waals surface area contributed by atoms with Gasteiger partial charge >= 0.3 is 0 Å². The second kappa shape index (κ2) is 4.74. The Morgan fingerprint density at radius 1 is 1.29 bits per heavy atom. The zero-order chi connectivity index (χ0) is 11.7. The average Bonchev–Trinajstić information content (AvgIpc) is 3.00. The van der Waals surface area contributed by atoms with E-state index in [1.54, 1.807) is 11.3 Å². The number of nitrogens with zero attached hydrogens (tertiary/aromatic N) is 3. The third-order valence-corrected chi connectivity index (χ3v) is 4.55. The van der Waals surface area contributed by atoms with E-state index in [1.807, 2.05) is 11.6 Å². The van der Waals surface area contributed by atoms with Crippen molar-refractivity contribution in [3.63, 3.8) is 0 Å². The van der Waals surface area contributed by atoms with E-state index in [-0.39, 0.29) is 6.04 Å². The van der Waals surface area contributed by atoms with Crippen LogP contribution in [0, 0.1) is 0 Å². The normalized spacial score (nSPS) is 26.7. The Hall–Kier alpha value is -0.940. The molecule has 1 aromatic heterocycles. The first-order valence-electron chi connectivity index (χ1n) is 6.26. The van der Waals surface area contributed by atoms with Crippen LogP contribution < -0.4 is 4.90 Å². The van der Waals surface area contributed by atoms with Gasteiger partial charge < -0.3 is 4.90 Å². The summed E-state index contributed by atoms with van der Waals surface area (Å²) in [4.78, 5) is 20.7. The zero-order valence-corrected chi connectivity index (χ0v) is 10.7. The molecule has 1 atom stereocenters. The van der Waals surface area contributed by atoms with E-state index in [4.69, 9.17) is 0 Å². The Morgan fingerprint density at radius 2 is 2.12 bits per heavy atom. The first-order chi connectivity index (χ1) is 8.34. The number of rotatable bonds is 2. The van der Waals surface area contributed by atoms with Crippen LogP contribution in [-0.2, 0) is 4.79 Å². The molecular formula is C12H17N3OS. The minimum absolute atomic E-state index is 0.216. The first-order valence-corrected chi connectivity index (χ1v) is 7.14. The molecule has 2 aliphatic rings. The van der Waals surface area contributed by atoms with Gasteiger partial charge in [0.2, 0.25) is 0 Å². The molecule has 0 bridgehead atoms. The van der Waals surface area contributed by atoms with Gasteiger partial charge in [0.25, 0.3) is 0 Å². The van der Waals surface area contributed by atoms with E-state index < -0.39 is 0 Å². The summed E-state index contributed by atoms with van der Waals surface area (Å²) >= 11 is 1.69. The number of Topliss-reactive ketones (excluding diaryl/α,β-unsaturated/α-hetero) is 1. The average molecular weight is 251 g/mol. The largest absolute Gasteiger partial charge is 0.346 e. The fourth-order valence-corrected chi connectivity index (χ4v) is 3.48. The van der Waals surface area contributed by atoms with Crippen LogP contribution in [0.15, 0.2) is 11.6 Å². The molecule has 92 valence electrons. The predicted molar refractivity (Wildman–Crippen MR) is 68.5 cm³/mol. The number of piperazine rings is 1. The summed E-state index contributed by atoms with van der Waals surface area (Å²) in [6.07, 6.45) is 4.79. The molecule has 4 nitrogen and oxygen atoms in total. The SMILES string of the molecule is O=C1CCCC1N1CCN(c2nccs2)CC1. The number of aromatic nitrogens is 1. The smallest absolute Gasteiger partial charge is 0.185 e. The van der Waals surface area contributed by atoms with E-state index in [2.05, 4.69) is 14.8 Å². The van der Waals surface area contributed by atoms with Crippen LogP contribution in [0.1, 0.15) is 19.3 Å². The van der Waals surface area contributed by atoms with E-state index in [0.29, 0.717) is 5.78 Å². The third-order valence-electron chi connectivity index (χ3n) is 3.72. The van der Waals surface area contributed by atoms with Crippen LogP contribution in [0.4, 0.5) is 5.13 Å². The molecule has 1 unspecified atom stereocenters. The summed E-state index contributed by atoms with van der Waals surface area (Å²) in [5.74, 6) is 0.452. The van der Waals surface area contributed by atoms with Gasteiger partial charge in [0.05, 0.1) is 6.04 Å². The second-order valence-electron chi connectivity index (χ2n) is 4.71. The number of ketones is 1. The maximum atomic E-state index is 11.7. The Bertz CT molecular complexity index is 384. The molecule has 3 rings (SSSR count). The highest BCUT2D eigenvalue weighted by molar-refractivity contribution is 7.13. The van der Waals surface area contributed by atoms with Gasteiger partial charge in [-0.25, -0.2) is 4.98 Å². The molecule has 1 aromatic rings. The van der Waals surface area contributed by atoms with Crippen LogP contribution in [0.5, 0.6) is 0 Å². The van der Waals surface area contributed by atoms with Gasteiger partial charge in [-0.2, -0.15) is 0 Å².